The highest BCUT2D eigenvalue weighted by Gasteiger charge is 2.18. The first-order valence-electron chi connectivity index (χ1n) is 9.32. The molecule has 0 N–H and O–H groups in total. The molecule has 0 spiro atoms. The van der Waals surface area contributed by atoms with Crippen LogP contribution in [-0.2, 0) is 16.0 Å². The number of carbonyl (C=O) groups is 2. The van der Waals surface area contributed by atoms with E-state index in [0.717, 1.165) is 17.4 Å². The molecule has 0 saturated heterocycles. The van der Waals surface area contributed by atoms with Gasteiger partial charge in [0, 0.05) is 10.9 Å². The quantitative estimate of drug-likeness (QED) is 0.415. The third kappa shape index (κ3) is 4.60. The van der Waals surface area contributed by atoms with Crippen LogP contribution in [-0.4, -0.2) is 25.5 Å². The number of carbonyl (C=O) groups excluding carboxylic acids is 2. The fraction of sp³-hybridized carbons (Fsp3) is 0.304. The van der Waals surface area contributed by atoms with E-state index in [1.807, 2.05) is 6.07 Å². The summed E-state index contributed by atoms with van der Waals surface area (Å²) in [6, 6.07) is 12.2. The van der Waals surface area contributed by atoms with Gasteiger partial charge in [-0.3, -0.25) is 9.59 Å². The van der Waals surface area contributed by atoms with Gasteiger partial charge in [0.25, 0.3) is 0 Å². The van der Waals surface area contributed by atoms with Gasteiger partial charge in [0.2, 0.25) is 0 Å². The number of benzene rings is 2. The summed E-state index contributed by atoms with van der Waals surface area (Å²) < 4.78 is 16.0. The summed E-state index contributed by atoms with van der Waals surface area (Å²) in [5.74, 6) is 0.686. The van der Waals surface area contributed by atoms with Crippen molar-refractivity contribution in [3.05, 3.63) is 65.4 Å². The number of methoxy groups -OCH3 is 1. The molecule has 0 aliphatic heterocycles. The Morgan fingerprint density at radius 2 is 1.82 bits per heavy atom. The first kappa shape index (κ1) is 19.7. The van der Waals surface area contributed by atoms with E-state index in [-0.39, 0.29) is 18.2 Å². The number of rotatable bonds is 8. The minimum Gasteiger partial charge on any atom is -0.497 e. The van der Waals surface area contributed by atoms with E-state index in [9.17, 15) is 9.59 Å². The summed E-state index contributed by atoms with van der Waals surface area (Å²) in [5, 5.41) is 0.782. The highest BCUT2D eigenvalue weighted by molar-refractivity contribution is 6.15. The predicted octanol–water partition coefficient (Wildman–Crippen LogP) is 4.80. The van der Waals surface area contributed by atoms with Crippen LogP contribution >= 0.6 is 0 Å². The van der Waals surface area contributed by atoms with Gasteiger partial charge in [-0.1, -0.05) is 13.8 Å². The molecule has 3 rings (SSSR count). The molecule has 0 atom stereocenters. The van der Waals surface area contributed by atoms with Crippen molar-refractivity contribution in [2.24, 2.45) is 5.92 Å². The lowest BCUT2D eigenvalue weighted by atomic mass is 9.98. The lowest BCUT2D eigenvalue weighted by Crippen LogP contribution is -2.11. The van der Waals surface area contributed by atoms with Crippen LogP contribution in [0.25, 0.3) is 11.0 Å². The van der Waals surface area contributed by atoms with E-state index in [1.165, 1.54) is 0 Å². The second kappa shape index (κ2) is 8.74. The summed E-state index contributed by atoms with van der Waals surface area (Å²) in [7, 11) is 1.58. The van der Waals surface area contributed by atoms with Crippen molar-refractivity contribution in [2.45, 2.75) is 26.7 Å². The van der Waals surface area contributed by atoms with E-state index in [2.05, 4.69) is 13.8 Å². The number of hydrogen-bond acceptors (Lipinski definition) is 5. The highest BCUT2D eigenvalue weighted by Crippen LogP contribution is 2.26. The number of hydrogen-bond donors (Lipinski definition) is 0. The molecular weight excluding hydrogens is 356 g/mol. The zero-order valence-electron chi connectivity index (χ0n) is 16.4. The summed E-state index contributed by atoms with van der Waals surface area (Å²) >= 11 is 0. The van der Waals surface area contributed by atoms with E-state index >= 15 is 0 Å². The lowest BCUT2D eigenvalue weighted by Gasteiger charge is -2.09. The Bertz CT molecular complexity index is 966. The Kier molecular flexibility index (Phi) is 6.14. The van der Waals surface area contributed by atoms with Crippen LogP contribution in [0.4, 0.5) is 0 Å². The molecule has 3 aromatic rings. The van der Waals surface area contributed by atoms with E-state index in [1.54, 1.807) is 49.8 Å². The molecule has 28 heavy (non-hydrogen) atoms. The van der Waals surface area contributed by atoms with Crippen LogP contribution in [0.3, 0.4) is 0 Å². The second-order valence-electron chi connectivity index (χ2n) is 7.12. The van der Waals surface area contributed by atoms with E-state index in [4.69, 9.17) is 13.9 Å². The fourth-order valence-electron chi connectivity index (χ4n) is 2.94. The second-order valence-corrected chi connectivity index (χ2v) is 7.12. The van der Waals surface area contributed by atoms with Crippen molar-refractivity contribution in [2.75, 3.05) is 13.7 Å². The highest BCUT2D eigenvalue weighted by atomic mass is 16.5. The Morgan fingerprint density at radius 3 is 2.50 bits per heavy atom. The molecule has 2 aromatic carbocycles. The van der Waals surface area contributed by atoms with Gasteiger partial charge in [0.15, 0.2) is 5.78 Å². The van der Waals surface area contributed by atoms with Crippen LogP contribution < -0.4 is 4.74 Å². The predicted molar refractivity (Wildman–Crippen MR) is 107 cm³/mol. The lowest BCUT2D eigenvalue weighted by molar-refractivity contribution is -0.143. The van der Waals surface area contributed by atoms with Crippen LogP contribution in [0.15, 0.2) is 53.1 Å². The average molecular weight is 380 g/mol. The molecule has 146 valence electrons. The maximum absolute atomic E-state index is 13.0. The number of ether oxygens (including phenoxy) is 2. The monoisotopic (exact) mass is 380 g/mol. The molecule has 0 fully saturated rings. The maximum atomic E-state index is 13.0. The van der Waals surface area contributed by atoms with Crippen LogP contribution in [0, 0.1) is 5.92 Å². The van der Waals surface area contributed by atoms with Gasteiger partial charge in [0.05, 0.1) is 32.0 Å². The molecule has 5 nitrogen and oxygen atoms in total. The zero-order valence-corrected chi connectivity index (χ0v) is 16.4. The van der Waals surface area contributed by atoms with Crippen molar-refractivity contribution in [3.63, 3.8) is 0 Å². The van der Waals surface area contributed by atoms with Gasteiger partial charge in [-0.15, -0.1) is 0 Å². The van der Waals surface area contributed by atoms with Gasteiger partial charge in [0.1, 0.15) is 11.3 Å². The van der Waals surface area contributed by atoms with Crippen molar-refractivity contribution in [3.8, 4) is 5.75 Å². The molecule has 0 bridgehead atoms. The van der Waals surface area contributed by atoms with Crippen LogP contribution in [0.2, 0.25) is 0 Å². The molecule has 0 amide bonds. The Morgan fingerprint density at radius 1 is 1.07 bits per heavy atom. The first-order valence-corrected chi connectivity index (χ1v) is 9.32. The first-order chi connectivity index (χ1) is 13.5. The van der Waals surface area contributed by atoms with Gasteiger partial charge >= 0.3 is 5.97 Å². The molecule has 1 aromatic heterocycles. The van der Waals surface area contributed by atoms with Crippen molar-refractivity contribution in [1.82, 2.24) is 0 Å². The van der Waals surface area contributed by atoms with Gasteiger partial charge in [-0.05, 0) is 60.4 Å². The molecular formula is C23H24O5. The Hall–Kier alpha value is -3.08. The SMILES string of the molecule is COc1ccc(C(=O)c2cc(CC(=O)OCCC(C)C)cc3ccoc23)cc1. The Balaban J connectivity index is 1.84. The van der Waals surface area contributed by atoms with Crippen molar-refractivity contribution in [1.29, 1.82) is 0 Å². The minimum atomic E-state index is -0.300. The van der Waals surface area contributed by atoms with Crippen LogP contribution in [0.1, 0.15) is 41.8 Å². The molecule has 0 aliphatic rings. The number of ketones is 1. The molecule has 5 heteroatoms. The number of esters is 1. The van der Waals surface area contributed by atoms with Gasteiger partial charge in [-0.25, -0.2) is 0 Å². The Labute approximate surface area is 164 Å². The largest absolute Gasteiger partial charge is 0.497 e. The molecule has 0 saturated carbocycles. The smallest absolute Gasteiger partial charge is 0.310 e. The van der Waals surface area contributed by atoms with E-state index < -0.39 is 0 Å². The standard InChI is InChI=1S/C23H24O5/c1-15(2)8-10-27-21(24)14-16-12-18-9-11-28-23(18)20(13-16)22(25)17-4-6-19(26-3)7-5-17/h4-7,9,11-13,15H,8,10,14H2,1-3H3. The topological polar surface area (TPSA) is 65.7 Å². The molecule has 0 aliphatic carbocycles. The zero-order chi connectivity index (χ0) is 20.1. The number of fused-ring (bicyclic) bond motifs is 1. The third-order valence-electron chi connectivity index (χ3n) is 4.51. The van der Waals surface area contributed by atoms with Gasteiger partial charge in [-0.2, -0.15) is 0 Å². The maximum Gasteiger partial charge on any atom is 0.310 e. The summed E-state index contributed by atoms with van der Waals surface area (Å²) in [6.45, 7) is 4.57. The summed E-state index contributed by atoms with van der Waals surface area (Å²) in [4.78, 5) is 25.2. The third-order valence-corrected chi connectivity index (χ3v) is 4.51. The molecule has 0 unspecified atom stereocenters. The van der Waals surface area contributed by atoms with E-state index in [0.29, 0.717) is 35.0 Å². The summed E-state index contributed by atoms with van der Waals surface area (Å²) in [6.07, 6.45) is 2.48. The minimum absolute atomic E-state index is 0.113. The molecule has 1 heterocycles. The fourth-order valence-corrected chi connectivity index (χ4v) is 2.94. The summed E-state index contributed by atoms with van der Waals surface area (Å²) in [5.41, 5.74) is 2.19. The molecule has 0 radical (unpaired) electrons. The number of furan rings is 1. The van der Waals surface area contributed by atoms with Crippen molar-refractivity contribution >= 4 is 22.7 Å². The van der Waals surface area contributed by atoms with Crippen molar-refractivity contribution < 1.29 is 23.5 Å². The van der Waals surface area contributed by atoms with Crippen LogP contribution in [0.5, 0.6) is 5.75 Å². The van der Waals surface area contributed by atoms with Gasteiger partial charge < -0.3 is 13.9 Å². The normalized spacial score (nSPS) is 11.0. The average Bonchev–Trinajstić information content (AvgIpc) is 3.15.